The van der Waals surface area contributed by atoms with Crippen LogP contribution in [-0.2, 0) is 14.3 Å². The van der Waals surface area contributed by atoms with Gasteiger partial charge in [0, 0.05) is 39.2 Å². The molecule has 0 bridgehead atoms. The second-order valence-electron chi connectivity index (χ2n) is 5.76. The van der Waals surface area contributed by atoms with Gasteiger partial charge < -0.3 is 19.7 Å². The molecule has 134 valence electrons. The Balaban J connectivity index is 2.29. The van der Waals surface area contributed by atoms with Gasteiger partial charge in [0.05, 0.1) is 13.2 Å². The summed E-state index contributed by atoms with van der Waals surface area (Å²) >= 11 is 0. The van der Waals surface area contributed by atoms with Gasteiger partial charge in [0.1, 0.15) is 0 Å². The molecule has 1 rings (SSSR count). The number of aliphatic imine (C=N–C) groups is 1. The highest BCUT2D eigenvalue weighted by Gasteiger charge is 2.21. The summed E-state index contributed by atoms with van der Waals surface area (Å²) in [5.41, 5.74) is 0. The van der Waals surface area contributed by atoms with E-state index in [0.29, 0.717) is 12.5 Å². The lowest BCUT2D eigenvalue weighted by atomic mass is 10.1. The highest BCUT2D eigenvalue weighted by atomic mass is 16.5. The van der Waals surface area contributed by atoms with Crippen molar-refractivity contribution in [3.8, 4) is 0 Å². The SMILES string of the molecule is CCNC(=NCCCCCC(=O)OC)N1CCC(OCC)CC1. The predicted octanol–water partition coefficient (Wildman–Crippen LogP) is 2.19. The van der Waals surface area contributed by atoms with Crippen molar-refractivity contribution in [2.45, 2.75) is 58.5 Å². The van der Waals surface area contributed by atoms with E-state index in [1.165, 1.54) is 7.11 Å². The number of ether oxygens (including phenoxy) is 2. The Hall–Kier alpha value is -1.30. The van der Waals surface area contributed by atoms with Crippen molar-refractivity contribution >= 4 is 11.9 Å². The average molecular weight is 327 g/mol. The number of piperidine rings is 1. The smallest absolute Gasteiger partial charge is 0.305 e. The number of hydrogen-bond donors (Lipinski definition) is 1. The molecular weight excluding hydrogens is 294 g/mol. The van der Waals surface area contributed by atoms with Crippen molar-refractivity contribution in [2.24, 2.45) is 4.99 Å². The number of methoxy groups -OCH3 is 1. The highest BCUT2D eigenvalue weighted by molar-refractivity contribution is 5.80. The number of nitrogens with one attached hydrogen (secondary N) is 1. The first-order chi connectivity index (χ1) is 11.2. The third-order valence-corrected chi connectivity index (χ3v) is 4.01. The summed E-state index contributed by atoms with van der Waals surface area (Å²) in [5.74, 6) is 0.884. The van der Waals surface area contributed by atoms with Crippen LogP contribution in [0.1, 0.15) is 52.4 Å². The number of guanidine groups is 1. The van der Waals surface area contributed by atoms with Crippen molar-refractivity contribution in [2.75, 3.05) is 39.9 Å². The molecule has 1 aliphatic rings. The van der Waals surface area contributed by atoms with E-state index in [0.717, 1.165) is 70.8 Å². The molecule has 23 heavy (non-hydrogen) atoms. The molecule has 0 amide bonds. The summed E-state index contributed by atoms with van der Waals surface area (Å²) in [6.45, 7) is 8.63. The highest BCUT2D eigenvalue weighted by Crippen LogP contribution is 2.13. The normalized spacial score (nSPS) is 16.5. The fraction of sp³-hybridized carbons (Fsp3) is 0.882. The second-order valence-corrected chi connectivity index (χ2v) is 5.76. The molecule has 0 atom stereocenters. The van der Waals surface area contributed by atoms with Crippen LogP contribution in [-0.4, -0.2) is 62.8 Å². The van der Waals surface area contributed by atoms with Crippen LogP contribution in [0.3, 0.4) is 0 Å². The molecule has 0 radical (unpaired) electrons. The number of nitrogens with zero attached hydrogens (tertiary/aromatic N) is 2. The van der Waals surface area contributed by atoms with Crippen LogP contribution in [0.15, 0.2) is 4.99 Å². The summed E-state index contributed by atoms with van der Waals surface area (Å²) < 4.78 is 10.3. The molecular formula is C17H33N3O3. The van der Waals surface area contributed by atoms with Gasteiger partial charge in [-0.05, 0) is 39.5 Å². The lowest BCUT2D eigenvalue weighted by molar-refractivity contribution is -0.140. The van der Waals surface area contributed by atoms with Crippen molar-refractivity contribution in [3.63, 3.8) is 0 Å². The summed E-state index contributed by atoms with van der Waals surface area (Å²) in [6, 6.07) is 0. The first-order valence-corrected chi connectivity index (χ1v) is 8.92. The molecule has 0 aromatic heterocycles. The Morgan fingerprint density at radius 1 is 1.22 bits per heavy atom. The zero-order valence-electron chi connectivity index (χ0n) is 15.0. The molecule has 0 spiro atoms. The molecule has 0 aromatic carbocycles. The van der Waals surface area contributed by atoms with Crippen LogP contribution in [0.2, 0.25) is 0 Å². The molecule has 1 N–H and O–H groups in total. The molecule has 1 saturated heterocycles. The molecule has 0 aromatic rings. The second kappa shape index (κ2) is 12.2. The van der Waals surface area contributed by atoms with Gasteiger partial charge >= 0.3 is 5.97 Å². The van der Waals surface area contributed by atoms with Gasteiger partial charge in [0.25, 0.3) is 0 Å². The first kappa shape index (κ1) is 19.7. The van der Waals surface area contributed by atoms with Gasteiger partial charge in [0.15, 0.2) is 5.96 Å². The van der Waals surface area contributed by atoms with Crippen molar-refractivity contribution < 1.29 is 14.3 Å². The topological polar surface area (TPSA) is 63.2 Å². The van der Waals surface area contributed by atoms with Gasteiger partial charge in [-0.3, -0.25) is 9.79 Å². The van der Waals surface area contributed by atoms with E-state index in [2.05, 4.69) is 28.8 Å². The largest absolute Gasteiger partial charge is 0.469 e. The Labute approximate surface area is 140 Å². The zero-order chi connectivity index (χ0) is 16.9. The van der Waals surface area contributed by atoms with Crippen LogP contribution in [0.4, 0.5) is 0 Å². The number of rotatable bonds is 9. The van der Waals surface area contributed by atoms with Gasteiger partial charge in [0.2, 0.25) is 0 Å². The van der Waals surface area contributed by atoms with E-state index in [-0.39, 0.29) is 5.97 Å². The Kier molecular flexibility index (Phi) is 10.4. The number of esters is 1. The summed E-state index contributed by atoms with van der Waals surface area (Å²) in [4.78, 5) is 18.1. The Bertz CT molecular complexity index is 353. The molecule has 0 aliphatic carbocycles. The fourth-order valence-corrected chi connectivity index (χ4v) is 2.74. The molecule has 6 heteroatoms. The molecule has 0 unspecified atom stereocenters. The van der Waals surface area contributed by atoms with Crippen LogP contribution < -0.4 is 5.32 Å². The number of hydrogen-bond acceptors (Lipinski definition) is 4. The van der Waals surface area contributed by atoms with Crippen LogP contribution in [0.25, 0.3) is 0 Å². The average Bonchev–Trinajstić information content (AvgIpc) is 2.57. The fourth-order valence-electron chi connectivity index (χ4n) is 2.74. The molecule has 6 nitrogen and oxygen atoms in total. The van der Waals surface area contributed by atoms with Crippen molar-refractivity contribution in [1.29, 1.82) is 0 Å². The maximum Gasteiger partial charge on any atom is 0.305 e. The summed E-state index contributed by atoms with van der Waals surface area (Å²) in [5, 5.41) is 3.38. The van der Waals surface area contributed by atoms with E-state index in [1.807, 2.05) is 0 Å². The summed E-state index contributed by atoms with van der Waals surface area (Å²) in [6.07, 6.45) is 5.92. The third kappa shape index (κ3) is 8.21. The van der Waals surface area contributed by atoms with Crippen molar-refractivity contribution in [3.05, 3.63) is 0 Å². The van der Waals surface area contributed by atoms with E-state index in [1.54, 1.807) is 0 Å². The molecule has 1 heterocycles. The number of carbonyl (C=O) groups excluding carboxylic acids is 1. The van der Waals surface area contributed by atoms with Crippen LogP contribution >= 0.6 is 0 Å². The standard InChI is InChI=1S/C17H33N3O3/c1-4-18-17(19-12-8-6-7-9-16(21)22-3)20-13-10-15(11-14-20)23-5-2/h15H,4-14H2,1-3H3,(H,18,19). The lowest BCUT2D eigenvalue weighted by Crippen LogP contribution is -2.47. The predicted molar refractivity (Wildman–Crippen MR) is 92.7 cm³/mol. The number of carbonyl (C=O) groups is 1. The first-order valence-electron chi connectivity index (χ1n) is 8.92. The minimum absolute atomic E-state index is 0.126. The maximum atomic E-state index is 11.0. The van der Waals surface area contributed by atoms with Crippen molar-refractivity contribution in [1.82, 2.24) is 10.2 Å². The molecule has 1 fully saturated rings. The third-order valence-electron chi connectivity index (χ3n) is 4.01. The monoisotopic (exact) mass is 327 g/mol. The zero-order valence-corrected chi connectivity index (χ0v) is 15.0. The Morgan fingerprint density at radius 3 is 2.57 bits per heavy atom. The number of likely N-dealkylation sites (tertiary alicyclic amines) is 1. The molecule has 1 aliphatic heterocycles. The van der Waals surface area contributed by atoms with E-state index in [9.17, 15) is 4.79 Å². The van der Waals surface area contributed by atoms with Gasteiger partial charge in [-0.15, -0.1) is 0 Å². The number of unbranched alkanes of at least 4 members (excludes halogenated alkanes) is 2. The van der Waals surface area contributed by atoms with E-state index >= 15 is 0 Å². The van der Waals surface area contributed by atoms with Gasteiger partial charge in [-0.1, -0.05) is 6.42 Å². The lowest BCUT2D eigenvalue weighted by Gasteiger charge is -2.34. The van der Waals surface area contributed by atoms with E-state index in [4.69, 9.17) is 9.73 Å². The maximum absolute atomic E-state index is 11.0. The molecule has 0 saturated carbocycles. The minimum atomic E-state index is -0.126. The van der Waals surface area contributed by atoms with Gasteiger partial charge in [-0.25, -0.2) is 0 Å². The summed E-state index contributed by atoms with van der Waals surface area (Å²) in [7, 11) is 1.43. The van der Waals surface area contributed by atoms with E-state index < -0.39 is 0 Å². The van der Waals surface area contributed by atoms with Gasteiger partial charge in [-0.2, -0.15) is 0 Å². The Morgan fingerprint density at radius 2 is 1.96 bits per heavy atom. The quantitative estimate of drug-likeness (QED) is 0.304. The van der Waals surface area contributed by atoms with Crippen LogP contribution in [0, 0.1) is 0 Å². The van der Waals surface area contributed by atoms with Crippen LogP contribution in [0.5, 0.6) is 0 Å². The minimum Gasteiger partial charge on any atom is -0.469 e.